The molecule has 0 aliphatic heterocycles. The SMILES string of the molecule is COc1cc(/C=C/c2ccc(-n3[se]c4cc(F)ccc4c3=O)cc2)cc(OC)c1. The molecule has 0 fully saturated rings. The zero-order valence-electron chi connectivity index (χ0n) is 15.9. The number of fused-ring (bicyclic) bond motifs is 1. The van der Waals surface area contributed by atoms with Gasteiger partial charge in [-0.25, -0.2) is 0 Å². The Labute approximate surface area is 173 Å². The van der Waals surface area contributed by atoms with E-state index in [1.807, 2.05) is 54.6 Å². The van der Waals surface area contributed by atoms with E-state index in [0.29, 0.717) is 5.39 Å². The minimum absolute atomic E-state index is 0.0771. The monoisotopic (exact) mass is 455 g/mol. The van der Waals surface area contributed by atoms with Gasteiger partial charge in [0.05, 0.1) is 0 Å². The summed E-state index contributed by atoms with van der Waals surface area (Å²) < 4.78 is 26.5. The molecule has 1 heterocycles. The predicted molar refractivity (Wildman–Crippen MR) is 115 cm³/mol. The van der Waals surface area contributed by atoms with Gasteiger partial charge in [-0.05, 0) is 0 Å². The van der Waals surface area contributed by atoms with Crippen molar-refractivity contribution in [2.75, 3.05) is 14.2 Å². The molecule has 4 nitrogen and oxygen atoms in total. The van der Waals surface area contributed by atoms with Gasteiger partial charge in [-0.3, -0.25) is 0 Å². The molecule has 0 N–H and O–H groups in total. The summed E-state index contributed by atoms with van der Waals surface area (Å²) in [5.41, 5.74) is 2.69. The fourth-order valence-corrected chi connectivity index (χ4v) is 5.16. The Morgan fingerprint density at radius 1 is 0.862 bits per heavy atom. The summed E-state index contributed by atoms with van der Waals surface area (Å²) in [4.78, 5) is 12.6. The van der Waals surface area contributed by atoms with Gasteiger partial charge in [0.25, 0.3) is 0 Å². The molecule has 29 heavy (non-hydrogen) atoms. The van der Waals surface area contributed by atoms with Crippen molar-refractivity contribution in [3.63, 3.8) is 0 Å². The molecule has 146 valence electrons. The van der Waals surface area contributed by atoms with Crippen LogP contribution in [-0.4, -0.2) is 32.5 Å². The number of aromatic nitrogens is 1. The van der Waals surface area contributed by atoms with Crippen LogP contribution in [0, 0.1) is 5.82 Å². The maximum atomic E-state index is 13.4. The number of halogens is 1. The molecule has 1 aromatic heterocycles. The average molecular weight is 454 g/mol. The molecular formula is C23H18FNO3Se. The normalized spacial score (nSPS) is 11.3. The second-order valence-electron chi connectivity index (χ2n) is 6.40. The predicted octanol–water partition coefficient (Wildman–Crippen LogP) is 4.37. The Bertz CT molecular complexity index is 1230. The summed E-state index contributed by atoms with van der Waals surface area (Å²) in [5, 5.41) is 0.586. The zero-order chi connectivity index (χ0) is 20.4. The molecule has 4 aromatic rings. The molecule has 4 rings (SSSR count). The number of benzene rings is 3. The van der Waals surface area contributed by atoms with Crippen LogP contribution in [0.4, 0.5) is 4.39 Å². The Hall–Kier alpha value is -3.08. The fraction of sp³-hybridized carbons (Fsp3) is 0.0870. The van der Waals surface area contributed by atoms with Crippen LogP contribution in [0.1, 0.15) is 11.1 Å². The van der Waals surface area contributed by atoms with Gasteiger partial charge < -0.3 is 0 Å². The third-order valence-corrected chi connectivity index (χ3v) is 6.81. The molecule has 0 atom stereocenters. The number of ether oxygens (including phenoxy) is 2. The van der Waals surface area contributed by atoms with Crippen molar-refractivity contribution < 1.29 is 13.9 Å². The summed E-state index contributed by atoms with van der Waals surface area (Å²) in [6.07, 6.45) is 3.96. The standard InChI is InChI=1S/C23H18FNO3Se/c1-27-19-11-16(12-20(14-19)28-2)4-3-15-5-8-18(9-6-15)25-23(26)21-10-7-17(24)13-22(21)29-25/h3-14H,1-2H3/b4-3+. The van der Waals surface area contributed by atoms with Crippen LogP contribution in [-0.2, 0) is 0 Å². The molecule has 0 saturated carbocycles. The molecule has 6 heteroatoms. The van der Waals surface area contributed by atoms with Gasteiger partial charge in [0.2, 0.25) is 0 Å². The van der Waals surface area contributed by atoms with Crippen LogP contribution in [0.5, 0.6) is 11.5 Å². The van der Waals surface area contributed by atoms with Gasteiger partial charge in [-0.2, -0.15) is 0 Å². The van der Waals surface area contributed by atoms with E-state index in [-0.39, 0.29) is 26.1 Å². The third kappa shape index (κ3) is 4.04. The van der Waals surface area contributed by atoms with Gasteiger partial charge in [0, 0.05) is 0 Å². The van der Waals surface area contributed by atoms with Crippen LogP contribution in [0.15, 0.2) is 65.5 Å². The second kappa shape index (κ2) is 8.11. The van der Waals surface area contributed by atoms with Crippen molar-refractivity contribution in [1.29, 1.82) is 0 Å². The van der Waals surface area contributed by atoms with E-state index in [1.54, 1.807) is 23.8 Å². The molecule has 0 amide bonds. The second-order valence-corrected chi connectivity index (χ2v) is 8.47. The Morgan fingerprint density at radius 2 is 1.52 bits per heavy atom. The third-order valence-electron chi connectivity index (χ3n) is 4.52. The number of hydrogen-bond acceptors (Lipinski definition) is 3. The molecule has 0 aliphatic carbocycles. The summed E-state index contributed by atoms with van der Waals surface area (Å²) in [6.45, 7) is 0. The van der Waals surface area contributed by atoms with Crippen LogP contribution in [0.25, 0.3) is 27.5 Å². The average Bonchev–Trinajstić information content (AvgIpc) is 3.07. The minimum atomic E-state index is -0.310. The topological polar surface area (TPSA) is 40.5 Å². The van der Waals surface area contributed by atoms with Gasteiger partial charge in [0.15, 0.2) is 0 Å². The molecular weight excluding hydrogens is 436 g/mol. The first-order valence-electron chi connectivity index (χ1n) is 8.90. The molecule has 0 radical (unpaired) electrons. The fourth-order valence-electron chi connectivity index (χ4n) is 3.01. The molecule has 0 aliphatic rings. The van der Waals surface area contributed by atoms with Gasteiger partial charge in [-0.15, -0.1) is 0 Å². The van der Waals surface area contributed by atoms with Crippen molar-refractivity contribution in [2.45, 2.75) is 0 Å². The van der Waals surface area contributed by atoms with Crippen LogP contribution < -0.4 is 15.0 Å². The number of methoxy groups -OCH3 is 2. The van der Waals surface area contributed by atoms with E-state index in [0.717, 1.165) is 32.6 Å². The van der Waals surface area contributed by atoms with E-state index >= 15 is 0 Å². The first-order chi connectivity index (χ1) is 14.1. The van der Waals surface area contributed by atoms with E-state index in [4.69, 9.17) is 9.47 Å². The van der Waals surface area contributed by atoms with E-state index < -0.39 is 0 Å². The van der Waals surface area contributed by atoms with Crippen molar-refractivity contribution in [3.8, 4) is 17.2 Å². The van der Waals surface area contributed by atoms with E-state index in [9.17, 15) is 9.18 Å². The first kappa shape index (κ1) is 19.2. The quantitative estimate of drug-likeness (QED) is 0.332. The molecule has 0 saturated heterocycles. The Kier molecular flexibility index (Phi) is 5.38. The van der Waals surface area contributed by atoms with Crippen LogP contribution in [0.2, 0.25) is 0 Å². The summed E-state index contributed by atoms with van der Waals surface area (Å²) in [5.74, 6) is 1.14. The van der Waals surface area contributed by atoms with Gasteiger partial charge in [-0.1, -0.05) is 0 Å². The molecule has 0 unspecified atom stereocenters. The summed E-state index contributed by atoms with van der Waals surface area (Å²) >= 11 is -0.261. The summed E-state index contributed by atoms with van der Waals surface area (Å²) in [6, 6.07) is 17.8. The number of rotatable bonds is 5. The van der Waals surface area contributed by atoms with Crippen molar-refractivity contribution >= 4 is 36.5 Å². The van der Waals surface area contributed by atoms with Crippen molar-refractivity contribution in [2.24, 2.45) is 0 Å². The Morgan fingerprint density at radius 3 is 2.17 bits per heavy atom. The first-order valence-corrected chi connectivity index (χ1v) is 10.5. The zero-order valence-corrected chi connectivity index (χ0v) is 17.6. The van der Waals surface area contributed by atoms with Crippen LogP contribution in [0.3, 0.4) is 0 Å². The molecule has 3 aromatic carbocycles. The van der Waals surface area contributed by atoms with Gasteiger partial charge >= 0.3 is 173 Å². The number of nitrogens with zero attached hydrogens (tertiary/aromatic N) is 1. The van der Waals surface area contributed by atoms with Gasteiger partial charge in [0.1, 0.15) is 0 Å². The van der Waals surface area contributed by atoms with Crippen LogP contribution >= 0.6 is 0 Å². The van der Waals surface area contributed by atoms with E-state index in [1.165, 1.54) is 12.1 Å². The Balaban J connectivity index is 1.61. The molecule has 0 bridgehead atoms. The van der Waals surface area contributed by atoms with Crippen molar-refractivity contribution in [1.82, 2.24) is 3.56 Å². The van der Waals surface area contributed by atoms with E-state index in [2.05, 4.69) is 0 Å². The maximum absolute atomic E-state index is 13.4. The summed E-state index contributed by atoms with van der Waals surface area (Å²) in [7, 11) is 3.24. The van der Waals surface area contributed by atoms with Crippen molar-refractivity contribution in [3.05, 3.63) is 88.0 Å². The number of hydrogen-bond donors (Lipinski definition) is 0. The molecule has 0 spiro atoms.